The molecule has 0 amide bonds. The molecule has 3 nitrogen and oxygen atoms in total. The van der Waals surface area contributed by atoms with Gasteiger partial charge in [0.15, 0.2) is 5.78 Å². The molecule has 0 saturated heterocycles. The number of aromatic nitrogens is 2. The molecule has 0 bridgehead atoms. The summed E-state index contributed by atoms with van der Waals surface area (Å²) in [5, 5.41) is 4.29. The van der Waals surface area contributed by atoms with Gasteiger partial charge in [0.25, 0.3) is 0 Å². The molecular weight excluding hydrogens is 347 g/mol. The molecule has 0 spiro atoms. The maximum absolute atomic E-state index is 13.1. The third kappa shape index (κ3) is 2.94. The first-order valence-corrected chi connectivity index (χ1v) is 7.31. The van der Waals surface area contributed by atoms with Crippen molar-refractivity contribution in [3.8, 4) is 0 Å². The van der Waals surface area contributed by atoms with Gasteiger partial charge in [-0.3, -0.25) is 9.48 Å². The van der Waals surface area contributed by atoms with Crippen LogP contribution in [0, 0.1) is 12.7 Å². The van der Waals surface area contributed by atoms with Crippen molar-refractivity contribution >= 4 is 33.3 Å². The van der Waals surface area contributed by atoms with Crippen molar-refractivity contribution in [3.05, 3.63) is 50.5 Å². The molecule has 0 aliphatic carbocycles. The van der Waals surface area contributed by atoms with Crippen molar-refractivity contribution in [2.75, 3.05) is 0 Å². The van der Waals surface area contributed by atoms with Crippen molar-refractivity contribution < 1.29 is 9.18 Å². The number of nitrogens with zero attached hydrogens (tertiary/aromatic N) is 2. The summed E-state index contributed by atoms with van der Waals surface area (Å²) in [6.07, 6.45) is 0.192. The smallest absolute Gasteiger partial charge is 0.168 e. The van der Waals surface area contributed by atoms with Gasteiger partial charge < -0.3 is 0 Å². The first-order valence-electron chi connectivity index (χ1n) is 6.14. The quantitative estimate of drug-likeness (QED) is 0.767. The number of hydrogen-bond acceptors (Lipinski definition) is 2. The lowest BCUT2D eigenvalue weighted by Crippen LogP contribution is -2.10. The van der Waals surface area contributed by atoms with Crippen LogP contribution in [0.15, 0.2) is 22.7 Å². The summed E-state index contributed by atoms with van der Waals surface area (Å²) in [5.74, 6) is -0.652. The summed E-state index contributed by atoms with van der Waals surface area (Å²) in [6.45, 7) is 4.51. The van der Waals surface area contributed by atoms with Crippen molar-refractivity contribution in [3.63, 3.8) is 0 Å². The lowest BCUT2D eigenvalue weighted by atomic mass is 10.1. The fourth-order valence-electron chi connectivity index (χ4n) is 1.96. The van der Waals surface area contributed by atoms with Crippen LogP contribution in [0.4, 0.5) is 4.39 Å². The maximum Gasteiger partial charge on any atom is 0.168 e. The molecule has 0 aliphatic heterocycles. The second kappa shape index (κ2) is 6.06. The standard InChI is InChI=1S/C14H13BrClFN2O/c1-3-19-12(14(15)8(2)18-19)7-13(20)9-4-5-11(17)10(16)6-9/h4-6H,3,7H2,1-2H3. The summed E-state index contributed by atoms with van der Waals surface area (Å²) in [6, 6.07) is 4.00. The lowest BCUT2D eigenvalue weighted by molar-refractivity contribution is 0.0990. The number of carbonyl (C=O) groups is 1. The van der Waals surface area contributed by atoms with E-state index in [1.807, 2.05) is 13.8 Å². The highest BCUT2D eigenvalue weighted by molar-refractivity contribution is 9.10. The van der Waals surface area contributed by atoms with Crippen LogP contribution in [0.2, 0.25) is 5.02 Å². The van der Waals surface area contributed by atoms with Crippen LogP contribution in [-0.4, -0.2) is 15.6 Å². The Balaban J connectivity index is 2.30. The Hall–Kier alpha value is -1.20. The molecule has 1 aromatic heterocycles. The third-order valence-corrected chi connectivity index (χ3v) is 4.34. The van der Waals surface area contributed by atoms with Gasteiger partial charge in [0.05, 0.1) is 27.3 Å². The van der Waals surface area contributed by atoms with Gasteiger partial charge in [0.1, 0.15) is 5.82 Å². The normalized spacial score (nSPS) is 10.8. The molecule has 0 atom stereocenters. The fraction of sp³-hybridized carbons (Fsp3) is 0.286. The SMILES string of the molecule is CCn1nc(C)c(Br)c1CC(=O)c1ccc(F)c(Cl)c1. The molecule has 0 aliphatic rings. The molecule has 0 saturated carbocycles. The molecule has 1 heterocycles. The summed E-state index contributed by atoms with van der Waals surface area (Å²) in [4.78, 5) is 12.3. The molecule has 0 N–H and O–H groups in total. The van der Waals surface area contributed by atoms with E-state index in [9.17, 15) is 9.18 Å². The van der Waals surface area contributed by atoms with Gasteiger partial charge in [-0.25, -0.2) is 4.39 Å². The highest BCUT2D eigenvalue weighted by Gasteiger charge is 2.17. The van der Waals surface area contributed by atoms with Gasteiger partial charge in [0, 0.05) is 12.1 Å². The van der Waals surface area contributed by atoms with Gasteiger partial charge >= 0.3 is 0 Å². The van der Waals surface area contributed by atoms with E-state index in [-0.39, 0.29) is 17.2 Å². The maximum atomic E-state index is 13.1. The number of aryl methyl sites for hydroxylation is 2. The number of halogens is 3. The number of benzene rings is 1. The van der Waals surface area contributed by atoms with E-state index in [0.717, 1.165) is 15.9 Å². The fourth-order valence-corrected chi connectivity index (χ4v) is 2.57. The predicted molar refractivity (Wildman–Crippen MR) is 79.8 cm³/mol. The summed E-state index contributed by atoms with van der Waals surface area (Å²) >= 11 is 9.15. The van der Waals surface area contributed by atoms with E-state index in [4.69, 9.17) is 11.6 Å². The van der Waals surface area contributed by atoms with Gasteiger partial charge in [0.2, 0.25) is 0 Å². The Morgan fingerprint density at radius 2 is 2.20 bits per heavy atom. The van der Waals surface area contributed by atoms with E-state index < -0.39 is 5.82 Å². The summed E-state index contributed by atoms with van der Waals surface area (Å²) in [5.41, 5.74) is 2.05. The predicted octanol–water partition coefficient (Wildman–Crippen LogP) is 4.19. The van der Waals surface area contributed by atoms with Crippen molar-refractivity contribution in [1.29, 1.82) is 0 Å². The van der Waals surface area contributed by atoms with Crippen molar-refractivity contribution in [2.24, 2.45) is 0 Å². The van der Waals surface area contributed by atoms with E-state index in [1.165, 1.54) is 18.2 Å². The Bertz CT molecular complexity index is 669. The molecular formula is C14H13BrClFN2O. The molecule has 2 rings (SSSR count). The summed E-state index contributed by atoms with van der Waals surface area (Å²) < 4.78 is 15.7. The molecule has 0 unspecified atom stereocenters. The third-order valence-electron chi connectivity index (χ3n) is 3.02. The van der Waals surface area contributed by atoms with Crippen molar-refractivity contribution in [2.45, 2.75) is 26.8 Å². The van der Waals surface area contributed by atoms with Crippen LogP contribution < -0.4 is 0 Å². The van der Waals surface area contributed by atoms with E-state index in [2.05, 4.69) is 21.0 Å². The monoisotopic (exact) mass is 358 g/mol. The number of rotatable bonds is 4. The number of hydrogen-bond donors (Lipinski definition) is 0. The van der Waals surface area contributed by atoms with Crippen LogP contribution in [-0.2, 0) is 13.0 Å². The zero-order valence-corrected chi connectivity index (χ0v) is 13.4. The molecule has 0 fully saturated rings. The van der Waals surface area contributed by atoms with Crippen LogP contribution in [0.1, 0.15) is 28.7 Å². The second-order valence-corrected chi connectivity index (χ2v) is 5.59. The Labute approximate surface area is 129 Å². The van der Waals surface area contributed by atoms with Crippen LogP contribution in [0.5, 0.6) is 0 Å². The number of ketones is 1. The van der Waals surface area contributed by atoms with Gasteiger partial charge in [-0.1, -0.05) is 11.6 Å². The molecule has 2 aromatic rings. The average molecular weight is 360 g/mol. The van der Waals surface area contributed by atoms with E-state index in [1.54, 1.807) is 4.68 Å². The number of carbonyl (C=O) groups excluding carboxylic acids is 1. The minimum absolute atomic E-state index is 0.0462. The number of Topliss-reactive ketones (excluding diaryl/α,β-unsaturated/α-hetero) is 1. The minimum atomic E-state index is -0.529. The first kappa shape index (κ1) is 15.2. The molecule has 6 heteroatoms. The van der Waals surface area contributed by atoms with Crippen LogP contribution >= 0.6 is 27.5 Å². The molecule has 20 heavy (non-hydrogen) atoms. The second-order valence-electron chi connectivity index (χ2n) is 4.39. The van der Waals surface area contributed by atoms with E-state index >= 15 is 0 Å². The van der Waals surface area contributed by atoms with Gasteiger partial charge in [-0.2, -0.15) is 5.10 Å². The topological polar surface area (TPSA) is 34.9 Å². The highest BCUT2D eigenvalue weighted by Crippen LogP contribution is 2.23. The first-order chi connectivity index (χ1) is 9.43. The minimum Gasteiger partial charge on any atom is -0.294 e. The lowest BCUT2D eigenvalue weighted by Gasteiger charge is -2.06. The van der Waals surface area contributed by atoms with Crippen LogP contribution in [0.25, 0.3) is 0 Å². The van der Waals surface area contributed by atoms with Gasteiger partial charge in [-0.05, 0) is 48.0 Å². The molecule has 0 radical (unpaired) electrons. The molecule has 1 aromatic carbocycles. The summed E-state index contributed by atoms with van der Waals surface area (Å²) in [7, 11) is 0. The highest BCUT2D eigenvalue weighted by atomic mass is 79.9. The van der Waals surface area contributed by atoms with Gasteiger partial charge in [-0.15, -0.1) is 0 Å². The van der Waals surface area contributed by atoms with E-state index in [0.29, 0.717) is 12.1 Å². The Morgan fingerprint density at radius 3 is 2.80 bits per heavy atom. The zero-order chi connectivity index (χ0) is 14.9. The van der Waals surface area contributed by atoms with Crippen molar-refractivity contribution in [1.82, 2.24) is 9.78 Å². The largest absolute Gasteiger partial charge is 0.294 e. The van der Waals surface area contributed by atoms with Crippen LogP contribution in [0.3, 0.4) is 0 Å². The molecule has 106 valence electrons. The zero-order valence-electron chi connectivity index (χ0n) is 11.1. The Morgan fingerprint density at radius 1 is 1.50 bits per heavy atom. The average Bonchev–Trinajstić information content (AvgIpc) is 2.69. The Kier molecular flexibility index (Phi) is 4.60.